The molecule has 0 saturated carbocycles. The van der Waals surface area contributed by atoms with E-state index < -0.39 is 0 Å². The van der Waals surface area contributed by atoms with Crippen LogP contribution >= 0.6 is 0 Å². The van der Waals surface area contributed by atoms with Gasteiger partial charge in [-0.3, -0.25) is 4.79 Å². The van der Waals surface area contributed by atoms with Crippen LogP contribution in [0.2, 0.25) is 0 Å². The van der Waals surface area contributed by atoms with Gasteiger partial charge in [-0.15, -0.1) is 0 Å². The molecule has 2 rings (SSSR count). The number of anilines is 2. The number of aryl methyl sites for hydroxylation is 1. The van der Waals surface area contributed by atoms with Crippen LogP contribution in [0.25, 0.3) is 0 Å². The van der Waals surface area contributed by atoms with Crippen molar-refractivity contribution in [2.75, 3.05) is 23.8 Å². The molecule has 0 saturated heterocycles. The van der Waals surface area contributed by atoms with Crippen LogP contribution in [0.15, 0.2) is 42.7 Å². The third-order valence-electron chi connectivity index (χ3n) is 2.55. The van der Waals surface area contributed by atoms with Gasteiger partial charge < -0.3 is 10.2 Å². The van der Waals surface area contributed by atoms with Crippen LogP contribution in [0.4, 0.5) is 11.6 Å². The van der Waals surface area contributed by atoms with Crippen molar-refractivity contribution in [2.45, 2.75) is 6.92 Å². The zero-order chi connectivity index (χ0) is 13.7. The number of para-hydroxylation sites is 1. The molecule has 98 valence electrons. The first-order valence-electron chi connectivity index (χ1n) is 6.00. The van der Waals surface area contributed by atoms with Crippen LogP contribution in [-0.4, -0.2) is 29.5 Å². The van der Waals surface area contributed by atoms with Crippen molar-refractivity contribution in [2.24, 2.45) is 0 Å². The van der Waals surface area contributed by atoms with E-state index >= 15 is 0 Å². The fourth-order valence-electron chi connectivity index (χ4n) is 1.59. The molecule has 0 aliphatic heterocycles. The van der Waals surface area contributed by atoms with E-state index in [0.717, 1.165) is 11.3 Å². The average Bonchev–Trinajstić information content (AvgIpc) is 2.40. The van der Waals surface area contributed by atoms with Crippen LogP contribution in [-0.2, 0) is 4.79 Å². The lowest BCUT2D eigenvalue weighted by atomic mass is 10.3. The fourth-order valence-corrected chi connectivity index (χ4v) is 1.59. The Bertz CT molecular complexity index is 539. The SMILES string of the molecule is Cc1cnc(N(C)CC(=O)Nc2ccccc2)nc1. The van der Waals surface area contributed by atoms with E-state index in [2.05, 4.69) is 15.3 Å². The van der Waals surface area contributed by atoms with Gasteiger partial charge in [-0.1, -0.05) is 18.2 Å². The minimum atomic E-state index is -0.0992. The number of benzene rings is 1. The van der Waals surface area contributed by atoms with E-state index in [9.17, 15) is 4.79 Å². The maximum absolute atomic E-state index is 11.9. The molecule has 1 aromatic carbocycles. The third kappa shape index (κ3) is 3.77. The summed E-state index contributed by atoms with van der Waals surface area (Å²) in [4.78, 5) is 21.9. The van der Waals surface area contributed by atoms with Crippen molar-refractivity contribution in [1.82, 2.24) is 9.97 Å². The molecule has 0 aliphatic rings. The molecule has 5 heteroatoms. The first-order chi connectivity index (χ1) is 9.15. The van der Waals surface area contributed by atoms with Gasteiger partial charge in [-0.2, -0.15) is 0 Å². The zero-order valence-corrected chi connectivity index (χ0v) is 11.0. The van der Waals surface area contributed by atoms with Crippen LogP contribution in [0, 0.1) is 6.92 Å². The monoisotopic (exact) mass is 256 g/mol. The van der Waals surface area contributed by atoms with Crippen LogP contribution in [0.5, 0.6) is 0 Å². The Balaban J connectivity index is 1.93. The van der Waals surface area contributed by atoms with E-state index in [1.165, 1.54) is 0 Å². The average molecular weight is 256 g/mol. The highest BCUT2D eigenvalue weighted by Gasteiger charge is 2.09. The van der Waals surface area contributed by atoms with Gasteiger partial charge in [-0.05, 0) is 24.6 Å². The summed E-state index contributed by atoms with van der Waals surface area (Å²) in [6.07, 6.45) is 3.46. The van der Waals surface area contributed by atoms with E-state index in [0.29, 0.717) is 5.95 Å². The highest BCUT2D eigenvalue weighted by atomic mass is 16.2. The number of hydrogen-bond acceptors (Lipinski definition) is 4. The van der Waals surface area contributed by atoms with Gasteiger partial charge in [0, 0.05) is 25.1 Å². The van der Waals surface area contributed by atoms with Gasteiger partial charge in [0.2, 0.25) is 11.9 Å². The predicted molar refractivity (Wildman–Crippen MR) is 75.1 cm³/mol. The van der Waals surface area contributed by atoms with Crippen molar-refractivity contribution >= 4 is 17.5 Å². The number of rotatable bonds is 4. The lowest BCUT2D eigenvalue weighted by Gasteiger charge is -2.16. The Hall–Kier alpha value is -2.43. The van der Waals surface area contributed by atoms with Crippen molar-refractivity contribution in [3.8, 4) is 0 Å². The predicted octanol–water partition coefficient (Wildman–Crippen LogP) is 1.86. The van der Waals surface area contributed by atoms with Crippen LogP contribution in [0.3, 0.4) is 0 Å². The topological polar surface area (TPSA) is 58.1 Å². The minimum absolute atomic E-state index is 0.0992. The van der Waals surface area contributed by atoms with Gasteiger partial charge in [0.1, 0.15) is 0 Å². The Morgan fingerprint density at radius 3 is 2.47 bits per heavy atom. The van der Waals surface area contributed by atoms with Crippen LogP contribution in [0.1, 0.15) is 5.56 Å². The summed E-state index contributed by atoms with van der Waals surface area (Å²) in [7, 11) is 1.79. The van der Waals surface area contributed by atoms with Gasteiger partial charge in [0.25, 0.3) is 0 Å². The first kappa shape index (κ1) is 13.0. The summed E-state index contributed by atoms with van der Waals surface area (Å²) in [6.45, 7) is 2.13. The lowest BCUT2D eigenvalue weighted by Crippen LogP contribution is -2.31. The number of nitrogens with one attached hydrogen (secondary N) is 1. The smallest absolute Gasteiger partial charge is 0.243 e. The number of amides is 1. The second kappa shape index (κ2) is 5.95. The van der Waals surface area contributed by atoms with Gasteiger partial charge in [-0.25, -0.2) is 9.97 Å². The van der Waals surface area contributed by atoms with E-state index in [-0.39, 0.29) is 12.5 Å². The quantitative estimate of drug-likeness (QED) is 0.907. The highest BCUT2D eigenvalue weighted by Crippen LogP contribution is 2.07. The third-order valence-corrected chi connectivity index (χ3v) is 2.55. The standard InChI is InChI=1S/C14H16N4O/c1-11-8-15-14(16-9-11)18(2)10-13(19)17-12-6-4-3-5-7-12/h3-9H,10H2,1-2H3,(H,17,19). The van der Waals surface area contributed by atoms with Crippen molar-refractivity contribution in [3.63, 3.8) is 0 Å². The molecule has 19 heavy (non-hydrogen) atoms. The Labute approximate surface area is 112 Å². The molecule has 0 fully saturated rings. The Kier molecular flexibility index (Phi) is 4.07. The summed E-state index contributed by atoms with van der Waals surface area (Å²) >= 11 is 0. The molecule has 0 spiro atoms. The molecule has 0 unspecified atom stereocenters. The maximum atomic E-state index is 11.9. The normalized spacial score (nSPS) is 10.0. The molecule has 0 radical (unpaired) electrons. The zero-order valence-electron chi connectivity index (χ0n) is 11.0. The summed E-state index contributed by atoms with van der Waals surface area (Å²) in [5.74, 6) is 0.437. The maximum Gasteiger partial charge on any atom is 0.243 e. The summed E-state index contributed by atoms with van der Waals surface area (Å²) in [6, 6.07) is 9.35. The molecule has 1 amide bonds. The number of likely N-dealkylation sites (N-methyl/N-ethyl adjacent to an activating group) is 1. The molecule has 1 aromatic heterocycles. The van der Waals surface area contributed by atoms with E-state index in [1.54, 1.807) is 24.3 Å². The van der Waals surface area contributed by atoms with E-state index in [1.807, 2.05) is 37.3 Å². The van der Waals surface area contributed by atoms with E-state index in [4.69, 9.17) is 0 Å². The Morgan fingerprint density at radius 2 is 1.84 bits per heavy atom. The molecule has 0 atom stereocenters. The van der Waals surface area contributed by atoms with Gasteiger partial charge >= 0.3 is 0 Å². The largest absolute Gasteiger partial charge is 0.335 e. The molecular weight excluding hydrogens is 240 g/mol. The molecule has 1 heterocycles. The summed E-state index contributed by atoms with van der Waals surface area (Å²) in [5.41, 5.74) is 1.77. The molecule has 0 aliphatic carbocycles. The van der Waals surface area contributed by atoms with Crippen molar-refractivity contribution < 1.29 is 4.79 Å². The Morgan fingerprint density at radius 1 is 1.21 bits per heavy atom. The van der Waals surface area contributed by atoms with Crippen LogP contribution < -0.4 is 10.2 Å². The number of hydrogen-bond donors (Lipinski definition) is 1. The molecule has 5 nitrogen and oxygen atoms in total. The number of carbonyl (C=O) groups is 1. The molecular formula is C14H16N4O. The minimum Gasteiger partial charge on any atom is -0.335 e. The second-order valence-corrected chi connectivity index (χ2v) is 4.33. The molecule has 0 bridgehead atoms. The summed E-state index contributed by atoms with van der Waals surface area (Å²) < 4.78 is 0. The van der Waals surface area contributed by atoms with Crippen molar-refractivity contribution in [1.29, 1.82) is 0 Å². The van der Waals surface area contributed by atoms with Gasteiger partial charge in [0.05, 0.1) is 6.54 Å². The number of nitrogens with zero attached hydrogens (tertiary/aromatic N) is 3. The first-order valence-corrected chi connectivity index (χ1v) is 6.00. The lowest BCUT2D eigenvalue weighted by molar-refractivity contribution is -0.114. The molecule has 2 aromatic rings. The summed E-state index contributed by atoms with van der Waals surface area (Å²) in [5, 5.41) is 2.82. The van der Waals surface area contributed by atoms with Gasteiger partial charge in [0.15, 0.2) is 0 Å². The molecule has 1 N–H and O–H groups in total. The number of aromatic nitrogens is 2. The number of carbonyl (C=O) groups excluding carboxylic acids is 1. The van der Waals surface area contributed by atoms with Crippen molar-refractivity contribution in [3.05, 3.63) is 48.3 Å². The highest BCUT2D eigenvalue weighted by molar-refractivity contribution is 5.93. The second-order valence-electron chi connectivity index (χ2n) is 4.33. The fraction of sp³-hybridized carbons (Fsp3) is 0.214.